The van der Waals surface area contributed by atoms with Crippen molar-refractivity contribution < 1.29 is 23.9 Å². The Balaban J connectivity index is 0.000000177. The average Bonchev–Trinajstić information content (AvgIpc) is 3.65. The number of alkyl halides is 2. The maximum atomic E-state index is 13.4. The van der Waals surface area contributed by atoms with Crippen LogP contribution in [0.15, 0.2) is 60.7 Å². The topological polar surface area (TPSA) is 116 Å². The monoisotopic (exact) mass is 697 g/mol. The third-order valence-corrected chi connectivity index (χ3v) is 10.4. The Morgan fingerprint density at radius 1 is 1.02 bits per heavy atom. The minimum absolute atomic E-state index is 0.0515. The third-order valence-electron chi connectivity index (χ3n) is 9.71. The molecule has 1 aliphatic carbocycles. The number of fused-ring (bicyclic) bond motifs is 6. The molecular weight excluding hydrogens is 656 g/mol. The minimum atomic E-state index is -2.52. The quantitative estimate of drug-likeness (QED) is 0.0811. The molecule has 1 fully saturated rings. The van der Waals surface area contributed by atoms with Crippen LogP contribution in [0, 0.1) is 10.8 Å². The Kier molecular flexibility index (Phi) is 10.6. The van der Waals surface area contributed by atoms with Crippen LogP contribution in [-0.2, 0) is 16.0 Å². The lowest BCUT2D eigenvalue weighted by Crippen LogP contribution is -2.53. The van der Waals surface area contributed by atoms with E-state index in [1.807, 2.05) is 41.3 Å². The molecule has 47 heavy (non-hydrogen) atoms. The van der Waals surface area contributed by atoms with Gasteiger partial charge in [-0.15, -0.1) is 23.2 Å². The highest BCUT2D eigenvalue weighted by molar-refractivity contribution is 7.39. The maximum Gasteiger partial charge on any atom is 0.391 e. The fraction of sp³-hybridized carbons (Fsp3) is 0.389. The zero-order chi connectivity index (χ0) is 34.1. The Morgan fingerprint density at radius 3 is 2.21 bits per heavy atom. The molecule has 2 heterocycles. The molecule has 1 atom stereocenters. The molecule has 250 valence electrons. The summed E-state index contributed by atoms with van der Waals surface area (Å²) in [4.78, 5) is 46.4. The molecule has 0 saturated heterocycles. The van der Waals surface area contributed by atoms with Crippen molar-refractivity contribution in [1.29, 1.82) is 0 Å². The van der Waals surface area contributed by atoms with Gasteiger partial charge in [0.05, 0.1) is 11.1 Å². The van der Waals surface area contributed by atoms with Crippen LogP contribution in [0.3, 0.4) is 0 Å². The largest absolute Gasteiger partial charge is 0.426 e. The standard InChI is InChI=1S/C21H26N2O.C14H13ClNO4P.CH3Cl/c1-4-21(12-20(2,3)13-21)19(24)23-10-9-16-14-7-5-6-8-15(14)17(22)11-18(16)23;15-6-9-7-16(8-17)12-5-13(20-21(18)19)10-3-1-2-4-11(10)14(9)12;1-2/h5-8,11H,4,9-10,12-13,22H2,1-3H3;1-5,8-9,18-19H,6-7H2;1H3. The summed E-state index contributed by atoms with van der Waals surface area (Å²) in [7, 11) is -2.52. The van der Waals surface area contributed by atoms with Crippen molar-refractivity contribution >= 4 is 82.7 Å². The Labute approximate surface area is 287 Å². The number of rotatable bonds is 6. The van der Waals surface area contributed by atoms with E-state index in [2.05, 4.69) is 50.6 Å². The lowest BCUT2D eigenvalue weighted by Gasteiger charge is -2.53. The van der Waals surface area contributed by atoms with Gasteiger partial charge in [-0.25, -0.2) is 0 Å². The van der Waals surface area contributed by atoms with E-state index < -0.39 is 8.60 Å². The smallest absolute Gasteiger partial charge is 0.391 e. The van der Waals surface area contributed by atoms with Crippen LogP contribution >= 0.6 is 31.8 Å². The molecular formula is C36H42Cl2N3O5P. The molecule has 4 aromatic carbocycles. The van der Waals surface area contributed by atoms with E-state index in [0.717, 1.165) is 71.7 Å². The number of amides is 2. The van der Waals surface area contributed by atoms with Crippen LogP contribution < -0.4 is 20.1 Å². The number of hydrogen-bond donors (Lipinski definition) is 3. The van der Waals surface area contributed by atoms with Gasteiger partial charge in [0.25, 0.3) is 0 Å². The first kappa shape index (κ1) is 35.2. The SMILES string of the molecule is CCC1(C(=O)N2CCc3c2cc(N)c2ccccc32)CC(C)(C)C1.CCl.O=CN1CC(CCl)c2c1cc(OP(O)O)c1ccccc21. The van der Waals surface area contributed by atoms with Gasteiger partial charge in [-0.2, -0.15) is 0 Å². The van der Waals surface area contributed by atoms with Crippen molar-refractivity contribution in [2.75, 3.05) is 40.9 Å². The van der Waals surface area contributed by atoms with Crippen LogP contribution in [0.25, 0.3) is 21.5 Å². The average molecular weight is 699 g/mol. The summed E-state index contributed by atoms with van der Waals surface area (Å²) >= 11 is 10.7. The van der Waals surface area contributed by atoms with E-state index in [4.69, 9.17) is 31.6 Å². The van der Waals surface area contributed by atoms with Crippen molar-refractivity contribution in [2.24, 2.45) is 10.8 Å². The first-order chi connectivity index (χ1) is 22.5. The van der Waals surface area contributed by atoms with Gasteiger partial charge in [0, 0.05) is 59.5 Å². The van der Waals surface area contributed by atoms with Gasteiger partial charge in [0.15, 0.2) is 0 Å². The summed E-state index contributed by atoms with van der Waals surface area (Å²) in [5, 5.41) is 3.98. The fourth-order valence-corrected chi connectivity index (χ4v) is 8.54. The van der Waals surface area contributed by atoms with E-state index >= 15 is 0 Å². The number of carbonyl (C=O) groups is 2. The summed E-state index contributed by atoms with van der Waals surface area (Å²) < 4.78 is 5.11. The zero-order valence-corrected chi connectivity index (χ0v) is 29.6. The van der Waals surface area contributed by atoms with Crippen LogP contribution in [0.4, 0.5) is 17.1 Å². The fourth-order valence-electron chi connectivity index (χ4n) is 7.96. The summed E-state index contributed by atoms with van der Waals surface area (Å²) in [6.07, 6.45) is 6.05. The van der Waals surface area contributed by atoms with Crippen molar-refractivity contribution in [1.82, 2.24) is 0 Å². The first-order valence-corrected chi connectivity index (χ1v) is 18.2. The normalized spacial score (nSPS) is 18.4. The second-order valence-corrected chi connectivity index (χ2v) is 14.2. The second-order valence-electron chi connectivity index (χ2n) is 13.2. The molecule has 3 aliphatic rings. The molecule has 1 saturated carbocycles. The predicted octanol–water partition coefficient (Wildman–Crippen LogP) is 8.11. The highest BCUT2D eigenvalue weighted by atomic mass is 35.5. The van der Waals surface area contributed by atoms with E-state index in [1.54, 1.807) is 11.0 Å². The molecule has 2 amide bonds. The van der Waals surface area contributed by atoms with Gasteiger partial charge in [0.2, 0.25) is 12.3 Å². The number of halogens is 2. The predicted molar refractivity (Wildman–Crippen MR) is 195 cm³/mol. The summed E-state index contributed by atoms with van der Waals surface area (Å²) in [5.74, 6) is 1.12. The van der Waals surface area contributed by atoms with E-state index in [0.29, 0.717) is 29.8 Å². The van der Waals surface area contributed by atoms with Gasteiger partial charge in [0.1, 0.15) is 5.75 Å². The molecule has 2 aliphatic heterocycles. The van der Waals surface area contributed by atoms with Gasteiger partial charge in [-0.1, -0.05) is 69.3 Å². The van der Waals surface area contributed by atoms with Crippen molar-refractivity contribution in [3.63, 3.8) is 0 Å². The van der Waals surface area contributed by atoms with Crippen LogP contribution in [0.1, 0.15) is 57.1 Å². The number of anilines is 3. The first-order valence-electron chi connectivity index (χ1n) is 15.7. The molecule has 0 bridgehead atoms. The zero-order valence-electron chi connectivity index (χ0n) is 27.2. The highest BCUT2D eigenvalue weighted by Crippen LogP contribution is 2.57. The van der Waals surface area contributed by atoms with Gasteiger partial charge < -0.3 is 29.8 Å². The molecule has 0 radical (unpaired) electrons. The second kappa shape index (κ2) is 14.2. The number of nitrogens with zero attached hydrogens (tertiary/aromatic N) is 2. The molecule has 1 unspecified atom stereocenters. The lowest BCUT2D eigenvalue weighted by molar-refractivity contribution is -0.142. The Morgan fingerprint density at radius 2 is 1.64 bits per heavy atom. The van der Waals surface area contributed by atoms with Crippen LogP contribution in [-0.4, -0.2) is 47.5 Å². The molecule has 8 nitrogen and oxygen atoms in total. The molecule has 4 aromatic rings. The summed E-state index contributed by atoms with van der Waals surface area (Å²) in [6.45, 7) is 7.97. The van der Waals surface area contributed by atoms with E-state index in [1.165, 1.54) is 17.3 Å². The summed E-state index contributed by atoms with van der Waals surface area (Å²) in [6, 6.07) is 19.4. The molecule has 7 rings (SSSR count). The molecule has 4 N–H and O–H groups in total. The molecule has 0 spiro atoms. The highest BCUT2D eigenvalue weighted by Gasteiger charge is 2.54. The third kappa shape index (κ3) is 6.51. The Hall–Kier alpha value is -3.13. The van der Waals surface area contributed by atoms with Gasteiger partial charge >= 0.3 is 8.60 Å². The van der Waals surface area contributed by atoms with Gasteiger partial charge in [-0.3, -0.25) is 9.59 Å². The Bertz CT molecular complexity index is 1790. The number of carbonyl (C=O) groups excluding carboxylic acids is 2. The maximum absolute atomic E-state index is 13.4. The minimum Gasteiger partial charge on any atom is -0.426 e. The van der Waals surface area contributed by atoms with Gasteiger partial charge in [-0.05, 0) is 59.1 Å². The van der Waals surface area contributed by atoms with E-state index in [9.17, 15) is 9.59 Å². The van der Waals surface area contributed by atoms with E-state index in [-0.39, 0.29) is 16.7 Å². The van der Waals surface area contributed by atoms with Crippen molar-refractivity contribution in [3.05, 3.63) is 71.8 Å². The number of hydrogen-bond acceptors (Lipinski definition) is 6. The molecule has 11 heteroatoms. The van der Waals surface area contributed by atoms with Crippen molar-refractivity contribution in [3.8, 4) is 5.75 Å². The van der Waals surface area contributed by atoms with Crippen molar-refractivity contribution in [2.45, 2.75) is 52.4 Å². The summed E-state index contributed by atoms with van der Waals surface area (Å²) in [5.41, 5.74) is 11.2. The number of nitrogens with two attached hydrogens (primary N) is 1. The number of nitrogen functional groups attached to an aromatic ring is 1. The molecule has 0 aromatic heterocycles. The van der Waals surface area contributed by atoms with Crippen LogP contribution in [0.2, 0.25) is 0 Å². The lowest BCUT2D eigenvalue weighted by atomic mass is 9.52. The van der Waals surface area contributed by atoms with Crippen LogP contribution in [0.5, 0.6) is 5.75 Å². The number of benzene rings is 4.